The van der Waals surface area contributed by atoms with E-state index >= 15 is 0 Å². The Morgan fingerprint density at radius 3 is 2.65 bits per heavy atom. The summed E-state index contributed by atoms with van der Waals surface area (Å²) in [6.45, 7) is 2.12. The topological polar surface area (TPSA) is 130 Å². The van der Waals surface area contributed by atoms with Gasteiger partial charge in [0.2, 0.25) is 5.88 Å². The van der Waals surface area contributed by atoms with E-state index in [1.54, 1.807) is 57.7 Å². The maximum absolute atomic E-state index is 12.9. The van der Waals surface area contributed by atoms with Crippen molar-refractivity contribution in [1.29, 1.82) is 0 Å². The number of aliphatic hydroxyl groups is 1. The number of pyridine rings is 1. The summed E-state index contributed by atoms with van der Waals surface area (Å²) in [6.07, 6.45) is 1.64. The lowest BCUT2D eigenvalue weighted by atomic mass is 10.0. The fourth-order valence-electron chi connectivity index (χ4n) is 4.62. The predicted octanol–water partition coefficient (Wildman–Crippen LogP) is 5.04. The number of nitrogens with one attached hydrogen (secondary N) is 2. The molecule has 0 aliphatic heterocycles. The Morgan fingerprint density at radius 2 is 1.88 bits per heavy atom. The highest BCUT2D eigenvalue weighted by Crippen LogP contribution is 2.35. The molecule has 1 unspecified atom stereocenters. The molecule has 2 aromatic heterocycles. The number of benzene rings is 3. The highest BCUT2D eigenvalue weighted by Gasteiger charge is 2.15. The van der Waals surface area contributed by atoms with Gasteiger partial charge in [0, 0.05) is 29.4 Å². The van der Waals surface area contributed by atoms with E-state index in [0.29, 0.717) is 52.6 Å². The van der Waals surface area contributed by atoms with Crippen molar-refractivity contribution < 1.29 is 24.5 Å². The van der Waals surface area contributed by atoms with Crippen LogP contribution in [0.5, 0.6) is 17.4 Å². The van der Waals surface area contributed by atoms with Gasteiger partial charge in [-0.05, 0) is 73.0 Å². The molecule has 9 heteroatoms. The molecule has 3 aromatic carbocycles. The summed E-state index contributed by atoms with van der Waals surface area (Å²) >= 11 is 0. The van der Waals surface area contributed by atoms with Gasteiger partial charge in [-0.25, -0.2) is 9.97 Å². The molecule has 0 aliphatic rings. The average molecular weight is 539 g/mol. The number of hydrogen-bond donors (Lipinski definition) is 4. The van der Waals surface area contributed by atoms with Crippen LogP contribution in [0.2, 0.25) is 0 Å². The lowest BCUT2D eigenvalue weighted by Gasteiger charge is -2.13. The van der Waals surface area contributed by atoms with Gasteiger partial charge in [0.15, 0.2) is 0 Å². The molecule has 0 spiro atoms. The quantitative estimate of drug-likeness (QED) is 0.207. The van der Waals surface area contributed by atoms with Gasteiger partial charge in [-0.15, -0.1) is 0 Å². The highest BCUT2D eigenvalue weighted by molar-refractivity contribution is 5.97. The van der Waals surface area contributed by atoms with Crippen LogP contribution in [0.15, 0.2) is 72.9 Å². The van der Waals surface area contributed by atoms with Gasteiger partial charge in [0.25, 0.3) is 5.91 Å². The first kappa shape index (κ1) is 26.7. The third kappa shape index (κ3) is 5.45. The van der Waals surface area contributed by atoms with E-state index in [-0.39, 0.29) is 11.7 Å². The number of carbonyl (C=O) groups is 1. The number of hydrogen-bond acceptors (Lipinski definition) is 7. The van der Waals surface area contributed by atoms with Crippen LogP contribution < -0.4 is 14.8 Å². The second kappa shape index (κ2) is 11.5. The molecular formula is C31H30N4O5. The van der Waals surface area contributed by atoms with Crippen molar-refractivity contribution in [3.63, 3.8) is 0 Å². The number of aromatic nitrogens is 3. The molecule has 1 amide bonds. The van der Waals surface area contributed by atoms with Crippen LogP contribution in [-0.2, 0) is 6.42 Å². The molecule has 204 valence electrons. The molecule has 0 saturated heterocycles. The first-order chi connectivity index (χ1) is 19.4. The third-order valence-corrected chi connectivity index (χ3v) is 6.72. The fraction of sp³-hybridized carbons (Fsp3) is 0.194. The minimum Gasteiger partial charge on any atom is -0.507 e. The Kier molecular flexibility index (Phi) is 7.65. The van der Waals surface area contributed by atoms with E-state index in [4.69, 9.17) is 9.47 Å². The van der Waals surface area contributed by atoms with Crippen molar-refractivity contribution in [2.24, 2.45) is 0 Å². The lowest BCUT2D eigenvalue weighted by molar-refractivity contribution is 0.0954. The van der Waals surface area contributed by atoms with E-state index in [9.17, 15) is 15.0 Å². The molecule has 0 aliphatic carbocycles. The van der Waals surface area contributed by atoms with E-state index < -0.39 is 6.10 Å². The second-order valence-electron chi connectivity index (χ2n) is 9.37. The van der Waals surface area contributed by atoms with E-state index in [1.165, 1.54) is 0 Å². The summed E-state index contributed by atoms with van der Waals surface area (Å²) in [5.41, 5.74) is 5.66. The van der Waals surface area contributed by atoms with Crippen molar-refractivity contribution in [3.05, 3.63) is 89.6 Å². The second-order valence-corrected chi connectivity index (χ2v) is 9.37. The number of carbonyl (C=O) groups excluding carboxylic acids is 1. The number of amides is 1. The van der Waals surface area contributed by atoms with Gasteiger partial charge in [-0.1, -0.05) is 18.2 Å². The minimum atomic E-state index is -0.626. The predicted molar refractivity (Wildman–Crippen MR) is 153 cm³/mol. The van der Waals surface area contributed by atoms with Gasteiger partial charge in [-0.2, -0.15) is 0 Å². The number of phenolic OH excluding ortho intramolecular Hbond substituents is 1. The van der Waals surface area contributed by atoms with Crippen LogP contribution in [0.3, 0.4) is 0 Å². The zero-order valence-electron chi connectivity index (χ0n) is 22.4. The number of aromatic amines is 1. The van der Waals surface area contributed by atoms with Crippen LogP contribution in [-0.4, -0.2) is 51.8 Å². The number of fused-ring (bicyclic) bond motifs is 1. The van der Waals surface area contributed by atoms with Gasteiger partial charge >= 0.3 is 0 Å². The molecule has 2 heterocycles. The maximum atomic E-state index is 12.9. The molecule has 5 rings (SSSR count). The van der Waals surface area contributed by atoms with E-state index in [0.717, 1.165) is 22.3 Å². The van der Waals surface area contributed by atoms with Crippen molar-refractivity contribution in [3.8, 4) is 39.9 Å². The first-order valence-corrected chi connectivity index (χ1v) is 12.8. The van der Waals surface area contributed by atoms with Crippen LogP contribution in [0.25, 0.3) is 33.5 Å². The standard InChI is InChI=1S/C31H30N4O5/c1-18(36)22-9-6-19(15-28(22)39-2)12-14-32-30(38)21-7-10-25-26(17-21)35-29(34-25)24-16-20(8-11-27(24)37)23-5-4-13-33-31(23)40-3/h4-11,13,15-18,36-37H,12,14H2,1-3H3,(H,32,38)(H,34,35). The number of aromatic hydroxyl groups is 1. The SMILES string of the molecule is COc1cc(CCNC(=O)c2ccc3nc(-c4cc(-c5cccnc5OC)ccc4O)[nH]c3c2)ccc1C(C)O. The summed E-state index contributed by atoms with van der Waals surface area (Å²) in [4.78, 5) is 25.0. The normalized spacial score (nSPS) is 11.8. The smallest absolute Gasteiger partial charge is 0.251 e. The van der Waals surface area contributed by atoms with Gasteiger partial charge in [0.1, 0.15) is 17.3 Å². The summed E-state index contributed by atoms with van der Waals surface area (Å²) in [5, 5.41) is 23.4. The van der Waals surface area contributed by atoms with E-state index in [1.807, 2.05) is 36.4 Å². The summed E-state index contributed by atoms with van der Waals surface area (Å²) in [5.74, 6) is 1.44. The Balaban J connectivity index is 1.32. The molecule has 1 atom stereocenters. The fourth-order valence-corrected chi connectivity index (χ4v) is 4.62. The molecule has 0 radical (unpaired) electrons. The van der Waals surface area contributed by atoms with Crippen LogP contribution in [0, 0.1) is 0 Å². The minimum absolute atomic E-state index is 0.0711. The van der Waals surface area contributed by atoms with Crippen molar-refractivity contribution in [2.45, 2.75) is 19.4 Å². The summed E-state index contributed by atoms with van der Waals surface area (Å²) in [7, 11) is 3.13. The summed E-state index contributed by atoms with van der Waals surface area (Å²) < 4.78 is 10.8. The van der Waals surface area contributed by atoms with Crippen molar-refractivity contribution in [2.75, 3.05) is 20.8 Å². The Hall–Kier alpha value is -4.89. The Bertz CT molecular complexity index is 1680. The molecule has 9 nitrogen and oxygen atoms in total. The molecule has 40 heavy (non-hydrogen) atoms. The molecule has 0 fully saturated rings. The largest absolute Gasteiger partial charge is 0.507 e. The lowest BCUT2D eigenvalue weighted by Crippen LogP contribution is -2.25. The summed E-state index contributed by atoms with van der Waals surface area (Å²) in [6, 6.07) is 19.8. The van der Waals surface area contributed by atoms with Crippen LogP contribution in [0.1, 0.15) is 34.5 Å². The van der Waals surface area contributed by atoms with Crippen molar-refractivity contribution >= 4 is 16.9 Å². The monoisotopic (exact) mass is 538 g/mol. The molecule has 0 saturated carbocycles. The van der Waals surface area contributed by atoms with Crippen LogP contribution in [0.4, 0.5) is 0 Å². The third-order valence-electron chi connectivity index (χ3n) is 6.72. The Labute approximate surface area is 231 Å². The number of imidazole rings is 1. The zero-order chi connectivity index (χ0) is 28.2. The number of rotatable bonds is 9. The zero-order valence-corrected chi connectivity index (χ0v) is 22.4. The number of aliphatic hydroxyl groups excluding tert-OH is 1. The molecule has 5 aromatic rings. The molecule has 4 N–H and O–H groups in total. The highest BCUT2D eigenvalue weighted by atomic mass is 16.5. The van der Waals surface area contributed by atoms with Gasteiger partial charge in [-0.3, -0.25) is 4.79 Å². The number of nitrogens with zero attached hydrogens (tertiary/aromatic N) is 2. The van der Waals surface area contributed by atoms with Crippen molar-refractivity contribution in [1.82, 2.24) is 20.3 Å². The first-order valence-electron chi connectivity index (χ1n) is 12.8. The number of phenols is 1. The number of H-pyrrole nitrogens is 1. The van der Waals surface area contributed by atoms with Gasteiger partial charge < -0.3 is 30.0 Å². The molecule has 0 bridgehead atoms. The average Bonchev–Trinajstić information content (AvgIpc) is 3.40. The maximum Gasteiger partial charge on any atom is 0.251 e. The van der Waals surface area contributed by atoms with Crippen LogP contribution >= 0.6 is 0 Å². The molecular weight excluding hydrogens is 508 g/mol. The van der Waals surface area contributed by atoms with Gasteiger partial charge in [0.05, 0.1) is 36.9 Å². The van der Waals surface area contributed by atoms with E-state index in [2.05, 4.69) is 20.3 Å². The Morgan fingerprint density at radius 1 is 1.02 bits per heavy atom. The number of methoxy groups -OCH3 is 2. The number of ether oxygens (including phenoxy) is 2.